The predicted octanol–water partition coefficient (Wildman–Crippen LogP) is 4.22. The Morgan fingerprint density at radius 2 is 1.71 bits per heavy atom. The molecule has 0 atom stereocenters. The van der Waals surface area contributed by atoms with Gasteiger partial charge in [-0.25, -0.2) is 4.68 Å². The van der Waals surface area contributed by atoms with Crippen LogP contribution in [0.3, 0.4) is 0 Å². The largest absolute Gasteiger partial charge is 0.333 e. The topological polar surface area (TPSA) is 65.2 Å². The third-order valence-corrected chi connectivity index (χ3v) is 5.67. The summed E-state index contributed by atoms with van der Waals surface area (Å²) in [6, 6.07) is 16.9. The van der Waals surface area contributed by atoms with Crippen LogP contribution in [0.2, 0.25) is 5.02 Å². The summed E-state index contributed by atoms with van der Waals surface area (Å²) in [7, 11) is 3.97. The van der Waals surface area contributed by atoms with Gasteiger partial charge in [-0.1, -0.05) is 23.7 Å². The highest BCUT2D eigenvalue weighted by atomic mass is 35.5. The lowest BCUT2D eigenvalue weighted by atomic mass is 10.1. The van der Waals surface area contributed by atoms with Crippen LogP contribution in [-0.4, -0.2) is 52.7 Å². The van der Waals surface area contributed by atoms with Crippen LogP contribution >= 0.6 is 11.6 Å². The monoisotopic (exact) mass is 435 g/mol. The van der Waals surface area contributed by atoms with E-state index >= 15 is 0 Å². The molecule has 31 heavy (non-hydrogen) atoms. The summed E-state index contributed by atoms with van der Waals surface area (Å²) in [5, 5.41) is 14.1. The maximum Gasteiger partial charge on any atom is 0.254 e. The molecule has 7 heteroatoms. The quantitative estimate of drug-likeness (QED) is 0.557. The van der Waals surface area contributed by atoms with Crippen molar-refractivity contribution in [1.29, 1.82) is 5.26 Å². The van der Waals surface area contributed by atoms with Crippen molar-refractivity contribution in [3.8, 4) is 11.8 Å². The second kappa shape index (κ2) is 9.78. The fourth-order valence-corrected chi connectivity index (χ4v) is 3.40. The molecule has 3 aromatic rings. The van der Waals surface area contributed by atoms with E-state index in [-0.39, 0.29) is 5.91 Å². The summed E-state index contributed by atoms with van der Waals surface area (Å²) < 4.78 is 1.78. The number of rotatable bonds is 7. The first kappa shape index (κ1) is 22.5. The van der Waals surface area contributed by atoms with Gasteiger partial charge in [-0.15, -0.1) is 0 Å². The molecular formula is C24H26ClN5O. The van der Waals surface area contributed by atoms with E-state index in [1.54, 1.807) is 16.8 Å². The molecule has 1 aromatic heterocycles. The minimum absolute atomic E-state index is 0.0378. The molecule has 0 saturated carbocycles. The molecule has 0 aliphatic carbocycles. The fourth-order valence-electron chi connectivity index (χ4n) is 3.28. The van der Waals surface area contributed by atoms with Gasteiger partial charge in [0.15, 0.2) is 0 Å². The van der Waals surface area contributed by atoms with Gasteiger partial charge in [0.1, 0.15) is 0 Å². The smallest absolute Gasteiger partial charge is 0.254 e. The molecule has 0 fully saturated rings. The van der Waals surface area contributed by atoms with E-state index in [0.717, 1.165) is 29.2 Å². The number of nitriles is 1. The van der Waals surface area contributed by atoms with Crippen molar-refractivity contribution in [2.24, 2.45) is 0 Å². The highest BCUT2D eigenvalue weighted by Gasteiger charge is 2.17. The van der Waals surface area contributed by atoms with Gasteiger partial charge in [0.25, 0.3) is 5.91 Å². The lowest BCUT2D eigenvalue weighted by Crippen LogP contribution is -2.36. The standard InChI is InChI=1S/C24H26ClN5O/c1-17-23(25)18(2)30(27-17)22-11-9-21(10-12-22)24(31)29(14-13-28(3)4)16-20-7-5-19(15-26)6-8-20/h5-12H,13-14,16H2,1-4H3. The second-order valence-corrected chi connectivity index (χ2v) is 8.16. The first-order chi connectivity index (χ1) is 14.8. The van der Waals surface area contributed by atoms with Crippen LogP contribution in [0.25, 0.3) is 5.69 Å². The van der Waals surface area contributed by atoms with Crippen molar-refractivity contribution in [2.45, 2.75) is 20.4 Å². The number of likely N-dealkylation sites (N-methyl/N-ethyl adjacent to an activating group) is 1. The Hall–Kier alpha value is -3.14. The second-order valence-electron chi connectivity index (χ2n) is 7.78. The SMILES string of the molecule is Cc1nn(-c2ccc(C(=O)N(CCN(C)C)Cc3ccc(C#N)cc3)cc2)c(C)c1Cl. The maximum absolute atomic E-state index is 13.3. The number of hydrogen-bond acceptors (Lipinski definition) is 4. The zero-order valence-corrected chi connectivity index (χ0v) is 19.0. The zero-order valence-electron chi connectivity index (χ0n) is 18.3. The summed E-state index contributed by atoms with van der Waals surface area (Å²) in [6.45, 7) is 5.62. The Balaban J connectivity index is 1.82. The molecule has 0 N–H and O–H groups in total. The van der Waals surface area contributed by atoms with Crippen LogP contribution < -0.4 is 0 Å². The Morgan fingerprint density at radius 1 is 1.06 bits per heavy atom. The van der Waals surface area contributed by atoms with Crippen molar-refractivity contribution in [3.63, 3.8) is 0 Å². The molecule has 160 valence electrons. The summed E-state index contributed by atoms with van der Waals surface area (Å²) in [4.78, 5) is 17.1. The first-order valence-corrected chi connectivity index (χ1v) is 10.4. The Bertz CT molecular complexity index is 1090. The van der Waals surface area contributed by atoms with Gasteiger partial charge in [0.05, 0.1) is 33.7 Å². The molecule has 6 nitrogen and oxygen atoms in total. The number of nitrogens with zero attached hydrogens (tertiary/aromatic N) is 5. The number of amides is 1. The maximum atomic E-state index is 13.3. The van der Waals surface area contributed by atoms with Crippen LogP contribution in [0.5, 0.6) is 0 Å². The highest BCUT2D eigenvalue weighted by Crippen LogP contribution is 2.23. The van der Waals surface area contributed by atoms with E-state index in [0.29, 0.717) is 29.2 Å². The van der Waals surface area contributed by atoms with E-state index in [2.05, 4.69) is 16.1 Å². The van der Waals surface area contributed by atoms with Gasteiger partial charge in [-0.3, -0.25) is 4.79 Å². The van der Waals surface area contributed by atoms with Crippen LogP contribution in [-0.2, 0) is 6.54 Å². The van der Waals surface area contributed by atoms with Crippen LogP contribution in [0.1, 0.15) is 32.9 Å². The van der Waals surface area contributed by atoms with Crippen LogP contribution in [0, 0.1) is 25.2 Å². The summed E-state index contributed by atoms with van der Waals surface area (Å²) >= 11 is 6.26. The van der Waals surface area contributed by atoms with Crippen LogP contribution in [0.15, 0.2) is 48.5 Å². The molecule has 0 radical (unpaired) electrons. The normalized spacial score (nSPS) is 10.9. The van der Waals surface area contributed by atoms with E-state index in [1.807, 2.05) is 69.2 Å². The molecular weight excluding hydrogens is 410 g/mol. The average molecular weight is 436 g/mol. The van der Waals surface area contributed by atoms with Gasteiger partial charge >= 0.3 is 0 Å². The molecule has 1 heterocycles. The molecule has 0 aliphatic heterocycles. The van der Waals surface area contributed by atoms with E-state index in [1.165, 1.54) is 0 Å². The number of aromatic nitrogens is 2. The minimum Gasteiger partial charge on any atom is -0.333 e. The van der Waals surface area contributed by atoms with Crippen molar-refractivity contribution >= 4 is 17.5 Å². The lowest BCUT2D eigenvalue weighted by molar-refractivity contribution is 0.0732. The summed E-state index contributed by atoms with van der Waals surface area (Å²) in [5.74, 6) is -0.0378. The predicted molar refractivity (Wildman–Crippen MR) is 122 cm³/mol. The van der Waals surface area contributed by atoms with Gasteiger partial charge in [-0.2, -0.15) is 10.4 Å². The Labute approximate surface area is 188 Å². The number of aryl methyl sites for hydroxylation is 1. The van der Waals surface area contributed by atoms with Crippen molar-refractivity contribution in [2.75, 3.05) is 27.2 Å². The van der Waals surface area contributed by atoms with Gasteiger partial charge < -0.3 is 9.80 Å². The van der Waals surface area contributed by atoms with Crippen molar-refractivity contribution in [1.82, 2.24) is 19.6 Å². The Morgan fingerprint density at radius 3 is 2.23 bits per heavy atom. The molecule has 3 rings (SSSR count). The fraction of sp³-hybridized carbons (Fsp3) is 0.292. The molecule has 0 spiro atoms. The molecule has 1 amide bonds. The van der Waals surface area contributed by atoms with Crippen LogP contribution in [0.4, 0.5) is 0 Å². The molecule has 0 unspecified atom stereocenters. The van der Waals surface area contributed by atoms with Crippen molar-refractivity contribution in [3.05, 3.63) is 81.6 Å². The highest BCUT2D eigenvalue weighted by molar-refractivity contribution is 6.31. The molecule has 0 aliphatic rings. The summed E-state index contributed by atoms with van der Waals surface area (Å²) in [5.41, 5.74) is 4.71. The van der Waals surface area contributed by atoms with Gasteiger partial charge in [-0.05, 0) is 69.9 Å². The zero-order chi connectivity index (χ0) is 22.5. The first-order valence-electron chi connectivity index (χ1n) is 10.1. The number of benzene rings is 2. The van der Waals surface area contributed by atoms with Gasteiger partial charge in [0, 0.05) is 25.2 Å². The third-order valence-electron chi connectivity index (χ3n) is 5.12. The molecule has 2 aromatic carbocycles. The average Bonchev–Trinajstić information content (AvgIpc) is 3.03. The number of carbonyl (C=O) groups is 1. The number of halogens is 1. The van der Waals surface area contributed by atoms with Crippen molar-refractivity contribution < 1.29 is 4.79 Å². The van der Waals surface area contributed by atoms with E-state index in [4.69, 9.17) is 16.9 Å². The minimum atomic E-state index is -0.0378. The Kier molecular flexibility index (Phi) is 7.11. The number of carbonyl (C=O) groups excluding carboxylic acids is 1. The summed E-state index contributed by atoms with van der Waals surface area (Å²) in [6.07, 6.45) is 0. The third kappa shape index (κ3) is 5.32. The van der Waals surface area contributed by atoms with E-state index < -0.39 is 0 Å². The molecule has 0 bridgehead atoms. The molecule has 0 saturated heterocycles. The van der Waals surface area contributed by atoms with E-state index in [9.17, 15) is 4.79 Å². The van der Waals surface area contributed by atoms with Gasteiger partial charge in [0.2, 0.25) is 0 Å². The lowest BCUT2D eigenvalue weighted by Gasteiger charge is -2.25. The number of hydrogen-bond donors (Lipinski definition) is 0.